The van der Waals surface area contributed by atoms with Gasteiger partial charge in [0, 0.05) is 0 Å². The molecule has 3 unspecified atom stereocenters. The highest BCUT2D eigenvalue weighted by atomic mass is 14.6. The van der Waals surface area contributed by atoms with E-state index in [1.165, 1.54) is 44.1 Å². The molecule has 3 aliphatic carbocycles. The molecule has 3 aliphatic rings. The van der Waals surface area contributed by atoms with Crippen molar-refractivity contribution in [1.82, 2.24) is 0 Å². The highest BCUT2D eigenvalue weighted by Crippen LogP contribution is 2.62. The third kappa shape index (κ3) is 1.88. The minimum Gasteiger partial charge on any atom is -0.192 e. The molecule has 0 spiro atoms. The number of nitrogens with zero attached hydrogens (tertiary/aromatic N) is 1. The Kier molecular flexibility index (Phi) is 2.93. The Morgan fingerprint density at radius 1 is 1.29 bits per heavy atom. The van der Waals surface area contributed by atoms with Crippen molar-refractivity contribution in [2.45, 2.75) is 58.3 Å². The fraction of sp³-hybridized carbons (Fsp3) is 0.650. The van der Waals surface area contributed by atoms with Gasteiger partial charge in [-0.2, -0.15) is 5.26 Å². The van der Waals surface area contributed by atoms with Gasteiger partial charge in [-0.1, -0.05) is 26.3 Å². The molecule has 2 fully saturated rings. The molecule has 110 valence electrons. The zero-order valence-electron chi connectivity index (χ0n) is 13.2. The maximum atomic E-state index is 9.13. The van der Waals surface area contributed by atoms with Gasteiger partial charge in [-0.25, -0.2) is 0 Å². The van der Waals surface area contributed by atoms with Crippen molar-refractivity contribution in [3.05, 3.63) is 34.9 Å². The third-order valence-corrected chi connectivity index (χ3v) is 6.92. The van der Waals surface area contributed by atoms with Crippen LogP contribution in [-0.4, -0.2) is 0 Å². The first-order chi connectivity index (χ1) is 10.1. The second-order valence-corrected chi connectivity index (χ2v) is 8.09. The van der Waals surface area contributed by atoms with Crippen LogP contribution in [0.5, 0.6) is 0 Å². The van der Waals surface area contributed by atoms with Gasteiger partial charge in [0.05, 0.1) is 11.6 Å². The normalized spacial score (nSPS) is 40.8. The molecule has 0 bridgehead atoms. The largest absolute Gasteiger partial charge is 0.192 e. The summed E-state index contributed by atoms with van der Waals surface area (Å²) < 4.78 is 0. The van der Waals surface area contributed by atoms with E-state index in [0.717, 1.165) is 29.2 Å². The fourth-order valence-corrected chi connectivity index (χ4v) is 6.24. The summed E-state index contributed by atoms with van der Waals surface area (Å²) in [6.45, 7) is 5.04. The maximum Gasteiger partial charge on any atom is 0.0991 e. The summed E-state index contributed by atoms with van der Waals surface area (Å²) in [6.07, 6.45) is 8.28. The molecule has 0 amide bonds. The molecule has 1 heteroatoms. The lowest BCUT2D eigenvalue weighted by molar-refractivity contribution is 0.0239. The lowest BCUT2D eigenvalue weighted by atomic mass is 9.52. The third-order valence-electron chi connectivity index (χ3n) is 6.92. The molecule has 0 aliphatic heterocycles. The van der Waals surface area contributed by atoms with Gasteiger partial charge in [-0.05, 0) is 84.5 Å². The molecule has 2 saturated carbocycles. The summed E-state index contributed by atoms with van der Waals surface area (Å²) in [5.41, 5.74) is 4.49. The lowest BCUT2D eigenvalue weighted by Gasteiger charge is -2.52. The summed E-state index contributed by atoms with van der Waals surface area (Å²) in [7, 11) is 0. The number of nitriles is 1. The zero-order chi connectivity index (χ0) is 14.6. The average molecular weight is 279 g/mol. The number of hydrogen-bond donors (Lipinski definition) is 0. The van der Waals surface area contributed by atoms with Crippen LogP contribution < -0.4 is 0 Å². The van der Waals surface area contributed by atoms with Gasteiger partial charge in [-0.3, -0.25) is 0 Å². The Morgan fingerprint density at radius 3 is 2.95 bits per heavy atom. The second kappa shape index (κ2) is 4.60. The van der Waals surface area contributed by atoms with Crippen molar-refractivity contribution in [2.75, 3.05) is 0 Å². The molecule has 21 heavy (non-hydrogen) atoms. The summed E-state index contributed by atoms with van der Waals surface area (Å²) in [6, 6.07) is 8.77. The van der Waals surface area contributed by atoms with Crippen molar-refractivity contribution in [3.63, 3.8) is 0 Å². The standard InChI is InChI=1S/C20H25N/c1-13-11-20(2)9-3-4-18(20)17-8-6-15-10-14(12-21)5-7-16(15)19(13)17/h5,7,10,13,17-19H,3-4,6,8-9,11H2,1-2H3/t13-,17?,18?,19?,20-/m0/s1. The van der Waals surface area contributed by atoms with Crippen LogP contribution in [0.1, 0.15) is 68.6 Å². The molecular formula is C20H25N. The average Bonchev–Trinajstić information content (AvgIpc) is 2.87. The molecule has 0 saturated heterocycles. The van der Waals surface area contributed by atoms with Crippen LogP contribution in [0, 0.1) is 34.5 Å². The molecular weight excluding hydrogens is 254 g/mol. The van der Waals surface area contributed by atoms with Crippen LogP contribution >= 0.6 is 0 Å². The zero-order valence-corrected chi connectivity index (χ0v) is 13.2. The van der Waals surface area contributed by atoms with Crippen LogP contribution in [0.15, 0.2) is 18.2 Å². The lowest BCUT2D eigenvalue weighted by Crippen LogP contribution is -2.43. The first kappa shape index (κ1) is 13.4. The molecule has 1 aromatic carbocycles. The molecule has 4 rings (SSSR count). The van der Waals surface area contributed by atoms with E-state index in [1.807, 2.05) is 6.07 Å². The van der Waals surface area contributed by atoms with E-state index in [-0.39, 0.29) is 0 Å². The van der Waals surface area contributed by atoms with Gasteiger partial charge in [0.15, 0.2) is 0 Å². The Morgan fingerprint density at radius 2 is 2.14 bits per heavy atom. The van der Waals surface area contributed by atoms with Crippen molar-refractivity contribution in [2.24, 2.45) is 23.2 Å². The number of hydrogen-bond acceptors (Lipinski definition) is 1. The second-order valence-electron chi connectivity index (χ2n) is 8.09. The predicted octanol–water partition coefficient (Wildman–Crippen LogP) is 5.05. The van der Waals surface area contributed by atoms with E-state index in [9.17, 15) is 0 Å². The minimum atomic E-state index is 0.616. The smallest absolute Gasteiger partial charge is 0.0991 e. The topological polar surface area (TPSA) is 23.8 Å². The Balaban J connectivity index is 1.76. The Bertz CT molecular complexity index is 611. The van der Waals surface area contributed by atoms with E-state index in [0.29, 0.717) is 5.41 Å². The minimum absolute atomic E-state index is 0.616. The Labute approximate surface area is 128 Å². The SMILES string of the molecule is C[C@H]1C[C@]2(C)CCCC2C2CCc3cc(C#N)ccc3C21. The van der Waals surface area contributed by atoms with E-state index < -0.39 is 0 Å². The van der Waals surface area contributed by atoms with Crippen LogP contribution in [-0.2, 0) is 6.42 Å². The number of fused-ring (bicyclic) bond motifs is 5. The van der Waals surface area contributed by atoms with Crippen molar-refractivity contribution < 1.29 is 0 Å². The summed E-state index contributed by atoms with van der Waals surface area (Å²) in [5.74, 6) is 3.38. The van der Waals surface area contributed by atoms with Gasteiger partial charge in [0.1, 0.15) is 0 Å². The number of rotatable bonds is 0. The van der Waals surface area contributed by atoms with Gasteiger partial charge in [0.2, 0.25) is 0 Å². The molecule has 1 aromatic rings. The van der Waals surface area contributed by atoms with Gasteiger partial charge in [-0.15, -0.1) is 0 Å². The van der Waals surface area contributed by atoms with Crippen LogP contribution in [0.2, 0.25) is 0 Å². The predicted molar refractivity (Wildman–Crippen MR) is 84.9 cm³/mol. The van der Waals surface area contributed by atoms with Crippen LogP contribution in [0.25, 0.3) is 0 Å². The molecule has 5 atom stereocenters. The fourth-order valence-electron chi connectivity index (χ4n) is 6.24. The quantitative estimate of drug-likeness (QED) is 0.652. The summed E-state index contributed by atoms with van der Waals surface area (Å²) in [5, 5.41) is 9.13. The van der Waals surface area contributed by atoms with Crippen LogP contribution in [0.4, 0.5) is 0 Å². The number of benzene rings is 1. The highest BCUT2D eigenvalue weighted by Gasteiger charge is 2.52. The van der Waals surface area contributed by atoms with Crippen molar-refractivity contribution >= 4 is 0 Å². The Hall–Kier alpha value is -1.29. The molecule has 1 nitrogen and oxygen atoms in total. The maximum absolute atomic E-state index is 9.13. The molecule has 0 heterocycles. The van der Waals surface area contributed by atoms with Gasteiger partial charge < -0.3 is 0 Å². The summed E-state index contributed by atoms with van der Waals surface area (Å²) in [4.78, 5) is 0. The van der Waals surface area contributed by atoms with Crippen molar-refractivity contribution in [3.8, 4) is 6.07 Å². The monoisotopic (exact) mass is 279 g/mol. The molecule has 0 radical (unpaired) electrons. The van der Waals surface area contributed by atoms with Crippen molar-refractivity contribution in [1.29, 1.82) is 5.26 Å². The highest BCUT2D eigenvalue weighted by molar-refractivity contribution is 5.42. The molecule has 0 N–H and O–H groups in total. The van der Waals surface area contributed by atoms with Gasteiger partial charge >= 0.3 is 0 Å². The van der Waals surface area contributed by atoms with E-state index in [2.05, 4.69) is 32.0 Å². The first-order valence-corrected chi connectivity index (χ1v) is 8.65. The summed E-state index contributed by atoms with van der Waals surface area (Å²) >= 11 is 0. The number of aryl methyl sites for hydroxylation is 1. The van der Waals surface area contributed by atoms with Crippen LogP contribution in [0.3, 0.4) is 0 Å². The molecule has 0 aromatic heterocycles. The van der Waals surface area contributed by atoms with E-state index >= 15 is 0 Å². The van der Waals surface area contributed by atoms with Gasteiger partial charge in [0.25, 0.3) is 0 Å². The van der Waals surface area contributed by atoms with E-state index in [1.54, 1.807) is 5.56 Å². The van der Waals surface area contributed by atoms with E-state index in [4.69, 9.17) is 5.26 Å². The first-order valence-electron chi connectivity index (χ1n) is 8.65.